The first-order valence-corrected chi connectivity index (χ1v) is 8.46. The van der Waals surface area contributed by atoms with E-state index in [1.165, 1.54) is 0 Å². The summed E-state index contributed by atoms with van der Waals surface area (Å²) in [6.07, 6.45) is 0. The molecule has 26 heavy (non-hydrogen) atoms. The van der Waals surface area contributed by atoms with E-state index in [9.17, 15) is 5.26 Å². The molecule has 2 N–H and O–H groups in total. The first-order chi connectivity index (χ1) is 12.6. The van der Waals surface area contributed by atoms with Gasteiger partial charge in [0.05, 0.1) is 22.9 Å². The molecule has 1 aromatic heterocycles. The van der Waals surface area contributed by atoms with E-state index in [4.69, 9.17) is 22.1 Å². The van der Waals surface area contributed by atoms with E-state index in [0.717, 1.165) is 22.5 Å². The minimum absolute atomic E-state index is 0.0852. The number of benzene rings is 2. The van der Waals surface area contributed by atoms with Crippen LogP contribution in [-0.2, 0) is 0 Å². The fraction of sp³-hybridized carbons (Fsp3) is 0.100. The molecule has 3 aromatic rings. The van der Waals surface area contributed by atoms with Gasteiger partial charge in [0, 0.05) is 5.02 Å². The number of hydrogen-bond acceptors (Lipinski definition) is 4. The smallest absolute Gasteiger partial charge is 0.229 e. The Hall–Kier alpha value is -3.23. The van der Waals surface area contributed by atoms with Gasteiger partial charge >= 0.3 is 0 Å². The highest BCUT2D eigenvalue weighted by Gasteiger charge is 2.36. The molecule has 0 amide bonds. The maximum atomic E-state index is 9.67. The van der Waals surface area contributed by atoms with Crippen LogP contribution in [0.2, 0.25) is 5.02 Å². The molecule has 0 radical (unpaired) electrons. The van der Waals surface area contributed by atoms with Gasteiger partial charge in [-0.15, -0.1) is 0 Å². The number of aryl methyl sites for hydroxylation is 1. The van der Waals surface area contributed by atoms with E-state index < -0.39 is 0 Å². The minimum Gasteiger partial charge on any atom is -0.422 e. The largest absolute Gasteiger partial charge is 0.422 e. The number of ether oxygens (including phenoxy) is 1. The summed E-state index contributed by atoms with van der Waals surface area (Å²) >= 11 is 6.18. The van der Waals surface area contributed by atoms with Gasteiger partial charge in [-0.25, -0.2) is 4.68 Å². The molecule has 0 fully saturated rings. The Morgan fingerprint density at radius 2 is 1.96 bits per heavy atom. The van der Waals surface area contributed by atoms with Gasteiger partial charge in [0.1, 0.15) is 11.6 Å². The zero-order valence-electron chi connectivity index (χ0n) is 14.0. The van der Waals surface area contributed by atoms with Crippen molar-refractivity contribution in [1.29, 1.82) is 5.26 Å². The summed E-state index contributed by atoms with van der Waals surface area (Å²) in [6.45, 7) is 1.90. The van der Waals surface area contributed by atoms with Crippen molar-refractivity contribution in [1.82, 2.24) is 9.78 Å². The van der Waals surface area contributed by atoms with Crippen LogP contribution in [0.4, 0.5) is 0 Å². The Kier molecular flexibility index (Phi) is 3.90. The van der Waals surface area contributed by atoms with Crippen LogP contribution in [0.1, 0.15) is 22.7 Å². The number of fused-ring (bicyclic) bond motifs is 1. The molecule has 128 valence electrons. The SMILES string of the molecule is Cc1nn(-c2ccccc2)c2c1[C@@H](c1cccc(Cl)c1)C(C#N)=C(N)O2. The molecule has 0 bridgehead atoms. The number of nitrogens with zero attached hydrogens (tertiary/aromatic N) is 3. The lowest BCUT2D eigenvalue weighted by Gasteiger charge is -2.25. The fourth-order valence-corrected chi connectivity index (χ4v) is 3.48. The van der Waals surface area contributed by atoms with Crippen molar-refractivity contribution in [3.63, 3.8) is 0 Å². The summed E-state index contributed by atoms with van der Waals surface area (Å²) in [6, 6.07) is 19.3. The lowest BCUT2D eigenvalue weighted by Crippen LogP contribution is -2.22. The maximum Gasteiger partial charge on any atom is 0.229 e. The van der Waals surface area contributed by atoms with Crippen LogP contribution in [0, 0.1) is 18.3 Å². The Morgan fingerprint density at radius 3 is 2.65 bits per heavy atom. The van der Waals surface area contributed by atoms with Gasteiger partial charge in [-0.2, -0.15) is 10.4 Å². The quantitative estimate of drug-likeness (QED) is 0.746. The molecule has 0 aliphatic carbocycles. The second kappa shape index (κ2) is 6.25. The second-order valence-electron chi connectivity index (χ2n) is 6.03. The third-order valence-corrected chi connectivity index (χ3v) is 4.65. The van der Waals surface area contributed by atoms with Crippen LogP contribution >= 0.6 is 11.6 Å². The normalized spacial score (nSPS) is 16.0. The molecular weight excluding hydrogens is 348 g/mol. The number of nitrogens with two attached hydrogens (primary N) is 1. The van der Waals surface area contributed by atoms with Crippen molar-refractivity contribution in [3.05, 3.63) is 87.9 Å². The van der Waals surface area contributed by atoms with Gasteiger partial charge in [-0.3, -0.25) is 0 Å². The number of hydrogen-bond donors (Lipinski definition) is 1. The predicted octanol–water partition coefficient (Wildman–Crippen LogP) is 4.05. The average Bonchev–Trinajstić information content (AvgIpc) is 2.97. The van der Waals surface area contributed by atoms with Crippen molar-refractivity contribution >= 4 is 11.6 Å². The summed E-state index contributed by atoms with van der Waals surface area (Å²) < 4.78 is 7.54. The van der Waals surface area contributed by atoms with E-state index in [0.29, 0.717) is 16.5 Å². The molecule has 0 unspecified atom stereocenters. The summed E-state index contributed by atoms with van der Waals surface area (Å²) in [5.74, 6) is 0.233. The minimum atomic E-state index is -0.375. The molecule has 1 aliphatic heterocycles. The molecule has 0 saturated carbocycles. The second-order valence-corrected chi connectivity index (χ2v) is 6.47. The molecule has 2 heterocycles. The lowest BCUT2D eigenvalue weighted by atomic mass is 9.84. The topological polar surface area (TPSA) is 76.9 Å². The number of aromatic nitrogens is 2. The zero-order chi connectivity index (χ0) is 18.3. The van der Waals surface area contributed by atoms with Crippen molar-refractivity contribution in [2.24, 2.45) is 5.73 Å². The van der Waals surface area contributed by atoms with Crippen LogP contribution in [0.5, 0.6) is 5.88 Å². The highest BCUT2D eigenvalue weighted by Crippen LogP contribution is 2.44. The van der Waals surface area contributed by atoms with E-state index >= 15 is 0 Å². The highest BCUT2D eigenvalue weighted by atomic mass is 35.5. The molecule has 6 heteroatoms. The van der Waals surface area contributed by atoms with Crippen molar-refractivity contribution in [2.75, 3.05) is 0 Å². The fourth-order valence-electron chi connectivity index (χ4n) is 3.28. The maximum absolute atomic E-state index is 9.67. The highest BCUT2D eigenvalue weighted by molar-refractivity contribution is 6.30. The first-order valence-electron chi connectivity index (χ1n) is 8.08. The van der Waals surface area contributed by atoms with Crippen LogP contribution in [-0.4, -0.2) is 9.78 Å². The van der Waals surface area contributed by atoms with Crippen LogP contribution in [0.25, 0.3) is 5.69 Å². The van der Waals surface area contributed by atoms with Crippen LogP contribution in [0.3, 0.4) is 0 Å². The Morgan fingerprint density at radius 1 is 1.19 bits per heavy atom. The predicted molar refractivity (Wildman–Crippen MR) is 99.1 cm³/mol. The van der Waals surface area contributed by atoms with E-state index in [-0.39, 0.29) is 11.8 Å². The third kappa shape index (κ3) is 2.52. The van der Waals surface area contributed by atoms with Crippen LogP contribution < -0.4 is 10.5 Å². The number of halogens is 1. The summed E-state index contributed by atoms with van der Waals surface area (Å²) in [7, 11) is 0. The van der Waals surface area contributed by atoms with E-state index in [1.54, 1.807) is 10.7 Å². The standard InChI is InChI=1S/C20H15ClN4O/c1-12-17-18(13-6-5-7-14(21)10-13)16(11-22)19(23)26-20(17)25(24-12)15-8-3-2-4-9-15/h2-10,18H,23H2,1H3/t18-/m0/s1. The number of para-hydroxylation sites is 1. The summed E-state index contributed by atoms with van der Waals surface area (Å²) in [5.41, 5.74) is 9.77. The Balaban J connectivity index is 1.97. The molecule has 0 spiro atoms. The Labute approximate surface area is 155 Å². The van der Waals surface area contributed by atoms with Crippen LogP contribution in [0.15, 0.2) is 66.1 Å². The average molecular weight is 363 g/mol. The van der Waals surface area contributed by atoms with Gasteiger partial charge in [0.25, 0.3) is 0 Å². The van der Waals surface area contributed by atoms with E-state index in [1.807, 2.05) is 55.5 Å². The lowest BCUT2D eigenvalue weighted by molar-refractivity contribution is 0.367. The number of nitriles is 1. The molecule has 1 aliphatic rings. The molecule has 1 atom stereocenters. The van der Waals surface area contributed by atoms with Crippen molar-refractivity contribution in [2.45, 2.75) is 12.8 Å². The Bertz CT molecular complexity index is 1060. The van der Waals surface area contributed by atoms with Gasteiger partial charge < -0.3 is 10.5 Å². The first kappa shape index (κ1) is 16.2. The van der Waals surface area contributed by atoms with Gasteiger partial charge in [-0.05, 0) is 36.8 Å². The summed E-state index contributed by atoms with van der Waals surface area (Å²) in [5, 5.41) is 14.9. The van der Waals surface area contributed by atoms with Gasteiger partial charge in [0.15, 0.2) is 0 Å². The monoisotopic (exact) mass is 362 g/mol. The summed E-state index contributed by atoms with van der Waals surface area (Å²) in [4.78, 5) is 0. The molecule has 5 nitrogen and oxygen atoms in total. The van der Waals surface area contributed by atoms with Crippen molar-refractivity contribution < 1.29 is 4.74 Å². The van der Waals surface area contributed by atoms with Crippen molar-refractivity contribution in [3.8, 4) is 17.6 Å². The molecule has 4 rings (SSSR count). The molecular formula is C20H15ClN4O. The van der Waals surface area contributed by atoms with Gasteiger partial charge in [0.2, 0.25) is 11.8 Å². The zero-order valence-corrected chi connectivity index (χ0v) is 14.7. The van der Waals surface area contributed by atoms with E-state index in [2.05, 4.69) is 11.2 Å². The third-order valence-electron chi connectivity index (χ3n) is 4.42. The number of allylic oxidation sites excluding steroid dienone is 1. The number of rotatable bonds is 2. The molecule has 2 aromatic carbocycles. The molecule has 0 saturated heterocycles. The van der Waals surface area contributed by atoms with Gasteiger partial charge in [-0.1, -0.05) is 41.9 Å².